The molecule has 0 atom stereocenters. The van der Waals surface area contributed by atoms with Crippen LogP contribution in [0.4, 0.5) is 5.69 Å². The Morgan fingerprint density at radius 2 is 2.04 bits per heavy atom. The lowest BCUT2D eigenvalue weighted by atomic mass is 10.3. The molecule has 0 radical (unpaired) electrons. The number of hydrogen-bond donors (Lipinski definition) is 1. The molecule has 5 heteroatoms. The number of hydrogen-bond acceptors (Lipinski definition) is 3. The number of aromatic nitrogens is 1. The van der Waals surface area contributed by atoms with E-state index in [1.807, 2.05) is 55.6 Å². The third kappa shape index (κ3) is 4.42. The molecule has 1 saturated carbocycles. The number of rotatable bonds is 6. The van der Waals surface area contributed by atoms with E-state index in [4.69, 9.17) is 17.0 Å². The van der Waals surface area contributed by atoms with Crippen LogP contribution in [0.3, 0.4) is 0 Å². The van der Waals surface area contributed by atoms with Gasteiger partial charge in [-0.25, -0.2) is 0 Å². The van der Waals surface area contributed by atoms with Crippen molar-refractivity contribution in [2.75, 3.05) is 11.9 Å². The summed E-state index contributed by atoms with van der Waals surface area (Å²) >= 11 is 5.61. The van der Waals surface area contributed by atoms with Crippen LogP contribution in [0.2, 0.25) is 0 Å². The summed E-state index contributed by atoms with van der Waals surface area (Å²) in [6, 6.07) is 14.4. The van der Waals surface area contributed by atoms with Crippen LogP contribution in [0.25, 0.3) is 0 Å². The summed E-state index contributed by atoms with van der Waals surface area (Å²) in [6.45, 7) is 3.39. The molecule has 1 aliphatic rings. The smallest absolute Gasteiger partial charge is 0.174 e. The van der Waals surface area contributed by atoms with Crippen molar-refractivity contribution in [1.82, 2.24) is 9.88 Å². The van der Waals surface area contributed by atoms with Crippen LogP contribution in [0.1, 0.15) is 25.5 Å². The van der Waals surface area contributed by atoms with E-state index >= 15 is 0 Å². The summed E-state index contributed by atoms with van der Waals surface area (Å²) in [7, 11) is 0. The second kappa shape index (κ2) is 7.42. The van der Waals surface area contributed by atoms with Crippen molar-refractivity contribution in [2.24, 2.45) is 0 Å². The number of nitrogens with zero attached hydrogens (tertiary/aromatic N) is 2. The summed E-state index contributed by atoms with van der Waals surface area (Å²) in [6.07, 6.45) is 4.21. The van der Waals surface area contributed by atoms with E-state index in [9.17, 15) is 0 Å². The van der Waals surface area contributed by atoms with Gasteiger partial charge in [-0.15, -0.1) is 0 Å². The van der Waals surface area contributed by atoms with Crippen molar-refractivity contribution in [3.05, 3.63) is 54.4 Å². The molecule has 0 unspecified atom stereocenters. The molecule has 1 N–H and O–H groups in total. The fourth-order valence-corrected chi connectivity index (χ4v) is 2.75. The van der Waals surface area contributed by atoms with Gasteiger partial charge in [0.1, 0.15) is 5.75 Å². The van der Waals surface area contributed by atoms with Gasteiger partial charge in [0, 0.05) is 17.9 Å². The first kappa shape index (κ1) is 15.7. The third-order valence-corrected chi connectivity index (χ3v) is 4.06. The predicted molar refractivity (Wildman–Crippen MR) is 96.6 cm³/mol. The Balaban J connectivity index is 1.64. The zero-order valence-corrected chi connectivity index (χ0v) is 14.1. The Morgan fingerprint density at radius 1 is 1.26 bits per heavy atom. The zero-order valence-electron chi connectivity index (χ0n) is 13.2. The highest BCUT2D eigenvalue weighted by Gasteiger charge is 2.31. The number of ether oxygens (including phenoxy) is 1. The number of pyridine rings is 1. The van der Waals surface area contributed by atoms with Crippen molar-refractivity contribution < 1.29 is 4.74 Å². The molecule has 2 aromatic rings. The average Bonchev–Trinajstić information content (AvgIpc) is 3.40. The van der Waals surface area contributed by atoms with Crippen LogP contribution in [0.15, 0.2) is 48.7 Å². The van der Waals surface area contributed by atoms with E-state index in [-0.39, 0.29) is 0 Å². The molecule has 0 spiro atoms. The molecule has 1 fully saturated rings. The summed E-state index contributed by atoms with van der Waals surface area (Å²) in [5.41, 5.74) is 2.01. The molecule has 23 heavy (non-hydrogen) atoms. The van der Waals surface area contributed by atoms with E-state index in [1.165, 1.54) is 12.8 Å². The van der Waals surface area contributed by atoms with Gasteiger partial charge in [0.25, 0.3) is 0 Å². The van der Waals surface area contributed by atoms with Crippen LogP contribution >= 0.6 is 12.2 Å². The maximum atomic E-state index is 5.61. The average molecular weight is 327 g/mol. The maximum Gasteiger partial charge on any atom is 0.174 e. The minimum Gasteiger partial charge on any atom is -0.494 e. The minimum atomic E-state index is 0.528. The van der Waals surface area contributed by atoms with Gasteiger partial charge in [-0.05, 0) is 68.4 Å². The van der Waals surface area contributed by atoms with Crippen LogP contribution in [-0.2, 0) is 6.54 Å². The van der Waals surface area contributed by atoms with Crippen LogP contribution < -0.4 is 10.1 Å². The van der Waals surface area contributed by atoms with Crippen molar-refractivity contribution in [3.63, 3.8) is 0 Å². The monoisotopic (exact) mass is 327 g/mol. The number of anilines is 1. The van der Waals surface area contributed by atoms with Gasteiger partial charge >= 0.3 is 0 Å². The second-order valence-corrected chi connectivity index (χ2v) is 5.95. The molecule has 1 aromatic carbocycles. The lowest BCUT2D eigenvalue weighted by molar-refractivity contribution is 0.340. The van der Waals surface area contributed by atoms with Gasteiger partial charge in [0.2, 0.25) is 0 Å². The predicted octanol–water partition coefficient (Wildman–Crippen LogP) is 3.84. The molecule has 3 rings (SSSR count). The first-order valence-corrected chi connectivity index (χ1v) is 8.37. The lowest BCUT2D eigenvalue weighted by Crippen LogP contribution is -2.36. The van der Waals surface area contributed by atoms with Gasteiger partial charge in [0.05, 0.1) is 18.8 Å². The SMILES string of the molecule is CCOc1ccc(NC(=S)N(Cc2ccccn2)C2CC2)cc1. The molecule has 0 amide bonds. The summed E-state index contributed by atoms with van der Waals surface area (Å²) in [4.78, 5) is 6.63. The molecule has 1 aromatic heterocycles. The molecular formula is C18H21N3OS. The highest BCUT2D eigenvalue weighted by atomic mass is 32.1. The third-order valence-electron chi connectivity index (χ3n) is 3.72. The van der Waals surface area contributed by atoms with Gasteiger partial charge in [-0.2, -0.15) is 0 Å². The zero-order chi connectivity index (χ0) is 16.1. The Bertz CT molecular complexity index is 641. The summed E-state index contributed by atoms with van der Waals surface area (Å²) < 4.78 is 5.46. The molecule has 4 nitrogen and oxygen atoms in total. The molecular weight excluding hydrogens is 306 g/mol. The quantitative estimate of drug-likeness (QED) is 0.816. The normalized spacial score (nSPS) is 13.4. The Morgan fingerprint density at radius 3 is 2.65 bits per heavy atom. The van der Waals surface area contributed by atoms with Crippen molar-refractivity contribution >= 4 is 23.0 Å². The fourth-order valence-electron chi connectivity index (χ4n) is 2.42. The molecule has 120 valence electrons. The molecule has 0 aliphatic heterocycles. The van der Waals surface area contributed by atoms with Gasteiger partial charge in [-0.3, -0.25) is 4.98 Å². The topological polar surface area (TPSA) is 37.4 Å². The first-order valence-electron chi connectivity index (χ1n) is 7.96. The van der Waals surface area contributed by atoms with Crippen molar-refractivity contribution in [1.29, 1.82) is 0 Å². The van der Waals surface area contributed by atoms with Crippen molar-refractivity contribution in [3.8, 4) is 5.75 Å². The molecule has 0 bridgehead atoms. The van der Waals surface area contributed by atoms with Crippen LogP contribution in [0.5, 0.6) is 5.75 Å². The van der Waals surface area contributed by atoms with Gasteiger partial charge in [0.15, 0.2) is 5.11 Å². The molecule has 1 aliphatic carbocycles. The number of thiocarbonyl (C=S) groups is 1. The van der Waals surface area contributed by atoms with E-state index < -0.39 is 0 Å². The van der Waals surface area contributed by atoms with Gasteiger partial charge < -0.3 is 15.0 Å². The Kier molecular flexibility index (Phi) is 5.08. The summed E-state index contributed by atoms with van der Waals surface area (Å²) in [5.74, 6) is 0.872. The standard InChI is InChI=1S/C18H21N3OS/c1-2-22-17-10-6-14(7-11-17)20-18(23)21(16-8-9-16)13-15-5-3-4-12-19-15/h3-7,10-12,16H,2,8-9,13H2,1H3,(H,20,23). The maximum absolute atomic E-state index is 5.61. The van der Waals surface area contributed by atoms with E-state index in [0.29, 0.717) is 12.6 Å². The largest absolute Gasteiger partial charge is 0.494 e. The highest BCUT2D eigenvalue weighted by Crippen LogP contribution is 2.29. The molecule has 0 saturated heterocycles. The van der Waals surface area contributed by atoms with Crippen molar-refractivity contribution in [2.45, 2.75) is 32.4 Å². The highest BCUT2D eigenvalue weighted by molar-refractivity contribution is 7.80. The number of benzene rings is 1. The van der Waals surface area contributed by atoms with E-state index in [0.717, 1.165) is 28.8 Å². The van der Waals surface area contributed by atoms with E-state index in [1.54, 1.807) is 0 Å². The molecule has 1 heterocycles. The Hall–Kier alpha value is -2.14. The van der Waals surface area contributed by atoms with E-state index in [2.05, 4.69) is 15.2 Å². The lowest BCUT2D eigenvalue weighted by Gasteiger charge is -2.25. The minimum absolute atomic E-state index is 0.528. The van der Waals surface area contributed by atoms with Gasteiger partial charge in [-0.1, -0.05) is 6.07 Å². The summed E-state index contributed by atoms with van der Waals surface area (Å²) in [5, 5.41) is 4.08. The second-order valence-electron chi connectivity index (χ2n) is 5.57. The van der Waals surface area contributed by atoms with Crippen LogP contribution in [-0.4, -0.2) is 27.6 Å². The Labute approximate surface area is 142 Å². The fraction of sp³-hybridized carbons (Fsp3) is 0.333. The number of nitrogens with one attached hydrogen (secondary N) is 1. The first-order chi connectivity index (χ1) is 11.3. The van der Waals surface area contributed by atoms with Crippen LogP contribution in [0, 0.1) is 0 Å².